The van der Waals surface area contributed by atoms with Crippen molar-refractivity contribution in [1.29, 1.82) is 0 Å². The van der Waals surface area contributed by atoms with Crippen molar-refractivity contribution in [3.63, 3.8) is 0 Å². The van der Waals surface area contributed by atoms with Gasteiger partial charge >= 0.3 is 0 Å². The lowest BCUT2D eigenvalue weighted by Crippen LogP contribution is -2.35. The summed E-state index contributed by atoms with van der Waals surface area (Å²) in [5.74, 6) is 1.17. The van der Waals surface area contributed by atoms with Gasteiger partial charge in [0.05, 0.1) is 8.47 Å². The van der Waals surface area contributed by atoms with Crippen molar-refractivity contribution in [1.82, 2.24) is 0 Å². The molecule has 0 aromatic heterocycles. The molecule has 0 N–H and O–H groups in total. The summed E-state index contributed by atoms with van der Waals surface area (Å²) in [6, 6.07) is 18.6. The van der Waals surface area contributed by atoms with E-state index >= 15 is 0 Å². The summed E-state index contributed by atoms with van der Waals surface area (Å²) < 4.78 is 2.89. The van der Waals surface area contributed by atoms with Crippen LogP contribution in [0.1, 0.15) is 20.3 Å². The molecule has 0 nitrogen and oxygen atoms in total. The van der Waals surface area contributed by atoms with Gasteiger partial charge in [-0.25, -0.2) is 0 Å². The average Bonchev–Trinajstić information content (AvgIpc) is 3.51. The van der Waals surface area contributed by atoms with E-state index in [2.05, 4.69) is 98.1 Å². The predicted molar refractivity (Wildman–Crippen MR) is 171 cm³/mol. The van der Waals surface area contributed by atoms with Crippen LogP contribution in [0.2, 0.25) is 0 Å². The number of benzene rings is 3. The highest BCUT2D eigenvalue weighted by Crippen LogP contribution is 2.67. The summed E-state index contributed by atoms with van der Waals surface area (Å²) >= 11 is 15.8. The fraction of sp³-hybridized carbons (Fsp3) is 0.200. The number of hydrogen-bond acceptors (Lipinski definition) is 8. The van der Waals surface area contributed by atoms with E-state index in [-0.39, 0.29) is 0 Å². The molecule has 2 bridgehead atoms. The number of thioether (sulfide) groups is 6. The molecule has 4 heterocycles. The zero-order valence-corrected chi connectivity index (χ0v) is 26.9. The molecule has 3 aromatic carbocycles. The predicted octanol–water partition coefficient (Wildman–Crippen LogP) is 12.2. The van der Waals surface area contributed by atoms with Gasteiger partial charge in [0.1, 0.15) is 0 Å². The first kappa shape index (κ1) is 24.3. The average molecular weight is 637 g/mol. The fourth-order valence-corrected chi connectivity index (χ4v) is 16.8. The van der Waals surface area contributed by atoms with E-state index in [0.717, 1.165) is 0 Å². The summed E-state index contributed by atoms with van der Waals surface area (Å²) in [7, 11) is 0. The molecule has 2 atom stereocenters. The lowest BCUT2D eigenvalue weighted by molar-refractivity contribution is 0.223. The first-order chi connectivity index (χ1) is 18.5. The maximum atomic E-state index is 2.49. The lowest BCUT2D eigenvalue weighted by atomic mass is 9.64. The van der Waals surface area contributed by atoms with Crippen LogP contribution < -0.4 is 0 Å². The van der Waals surface area contributed by atoms with Gasteiger partial charge in [0, 0.05) is 70.6 Å². The van der Waals surface area contributed by atoms with E-state index < -0.39 is 0 Å². The molecule has 7 aliphatic rings. The molecule has 188 valence electrons. The van der Waals surface area contributed by atoms with Crippen LogP contribution in [0.4, 0.5) is 0 Å². The molecule has 0 fully saturated rings. The van der Waals surface area contributed by atoms with Crippen molar-refractivity contribution >= 4 is 94.1 Å². The van der Waals surface area contributed by atoms with E-state index in [4.69, 9.17) is 0 Å². The van der Waals surface area contributed by atoms with Gasteiger partial charge in [-0.15, -0.1) is 0 Å². The van der Waals surface area contributed by atoms with Crippen molar-refractivity contribution in [2.75, 3.05) is 0 Å². The molecule has 10 rings (SSSR count). The van der Waals surface area contributed by atoms with Gasteiger partial charge in [-0.3, -0.25) is 0 Å². The Morgan fingerprint density at radius 1 is 0.526 bits per heavy atom. The Morgan fingerprint density at radius 3 is 1.47 bits per heavy atom. The quantitative estimate of drug-likeness (QED) is 0.173. The van der Waals surface area contributed by atoms with Gasteiger partial charge < -0.3 is 0 Å². The second kappa shape index (κ2) is 8.84. The number of allylic oxidation sites excluding steroid dienone is 4. The largest absolute Gasteiger partial charge is 0.0918 e. The normalized spacial score (nSPS) is 25.1. The van der Waals surface area contributed by atoms with Gasteiger partial charge in [-0.05, 0) is 48.2 Å². The van der Waals surface area contributed by atoms with Gasteiger partial charge in [0.2, 0.25) is 0 Å². The Bertz CT molecular complexity index is 1640. The molecular weight excluding hydrogens is 617 g/mol. The molecule has 38 heavy (non-hydrogen) atoms. The van der Waals surface area contributed by atoms with E-state index in [1.807, 2.05) is 70.6 Å². The van der Waals surface area contributed by atoms with Crippen molar-refractivity contribution in [3.05, 3.63) is 79.0 Å². The number of fused-ring (bicyclic) bond motifs is 6. The maximum absolute atomic E-state index is 2.49. The van der Waals surface area contributed by atoms with Crippen LogP contribution in [0, 0.1) is 17.3 Å². The van der Waals surface area contributed by atoms with Crippen molar-refractivity contribution in [3.8, 4) is 0 Å². The van der Waals surface area contributed by atoms with Gasteiger partial charge in [0.25, 0.3) is 0 Å². The van der Waals surface area contributed by atoms with Gasteiger partial charge in [0.15, 0.2) is 0 Å². The summed E-state index contributed by atoms with van der Waals surface area (Å²) in [5.41, 5.74) is 0.368. The second-order valence-electron chi connectivity index (χ2n) is 10.7. The zero-order chi connectivity index (χ0) is 25.2. The molecule has 0 amide bonds. The third-order valence-corrected chi connectivity index (χ3v) is 18.6. The standard InChI is InChI=1S/C30H20S8/c1-30(2)13-14-7-8-15(30)27-26(14)33-20-11-24-25(12-21(20)34-27)38-29(37-24)28-35-22-9-18-19(10-23(22)36-28)32-17-6-4-3-5-16(17)31-18/h3-12,14-15H,13H2,1-2H3. The van der Waals surface area contributed by atoms with Crippen LogP contribution in [0.3, 0.4) is 0 Å². The molecule has 0 saturated heterocycles. The summed E-state index contributed by atoms with van der Waals surface area (Å²) in [6.45, 7) is 4.90. The summed E-state index contributed by atoms with van der Waals surface area (Å²) in [4.78, 5) is 17.4. The topological polar surface area (TPSA) is 0 Å². The number of hydrogen-bond donors (Lipinski definition) is 0. The molecule has 8 heteroatoms. The van der Waals surface area contributed by atoms with E-state index in [0.29, 0.717) is 17.3 Å². The Labute approximate surface area is 257 Å². The fourth-order valence-electron chi connectivity index (χ4n) is 5.85. The van der Waals surface area contributed by atoms with Crippen molar-refractivity contribution < 1.29 is 0 Å². The van der Waals surface area contributed by atoms with Crippen LogP contribution >= 0.6 is 94.1 Å². The minimum Gasteiger partial charge on any atom is -0.0918 e. The molecular formula is C30H20S8. The Morgan fingerprint density at radius 2 is 0.974 bits per heavy atom. The summed E-state index contributed by atoms with van der Waals surface area (Å²) in [5, 5.41) is 0. The van der Waals surface area contributed by atoms with Crippen LogP contribution in [0.15, 0.2) is 128 Å². The highest BCUT2D eigenvalue weighted by molar-refractivity contribution is 8.30. The summed E-state index contributed by atoms with van der Waals surface area (Å²) in [6.07, 6.45) is 6.25. The monoisotopic (exact) mass is 636 g/mol. The van der Waals surface area contributed by atoms with Crippen LogP contribution in [0.25, 0.3) is 0 Å². The first-order valence-corrected chi connectivity index (χ1v) is 19.1. The molecule has 4 aliphatic heterocycles. The molecule has 3 aromatic rings. The Hall–Kier alpha value is -0.320. The Kier molecular flexibility index (Phi) is 5.65. The van der Waals surface area contributed by atoms with Gasteiger partial charge in [-0.1, -0.05) is 132 Å². The van der Waals surface area contributed by atoms with Crippen LogP contribution in [-0.2, 0) is 0 Å². The van der Waals surface area contributed by atoms with Crippen molar-refractivity contribution in [2.45, 2.75) is 69.2 Å². The van der Waals surface area contributed by atoms with Crippen LogP contribution in [-0.4, -0.2) is 0 Å². The SMILES string of the molecule is CC1(C)CC2C=CC1C1=C2Sc2cc3c(cc2S1)SC(=C1Sc2cc4c(cc2S1)Sc1ccccc1S4)S3. The third kappa shape index (κ3) is 3.77. The maximum Gasteiger partial charge on any atom is 0.0706 e. The van der Waals surface area contributed by atoms with Gasteiger partial charge in [-0.2, -0.15) is 0 Å². The van der Waals surface area contributed by atoms with Crippen LogP contribution in [0.5, 0.6) is 0 Å². The highest BCUT2D eigenvalue weighted by atomic mass is 32.2. The molecule has 0 spiro atoms. The number of rotatable bonds is 0. The smallest absolute Gasteiger partial charge is 0.0706 e. The van der Waals surface area contributed by atoms with Crippen molar-refractivity contribution in [2.24, 2.45) is 17.3 Å². The van der Waals surface area contributed by atoms with E-state index in [1.165, 1.54) is 63.8 Å². The molecule has 3 aliphatic carbocycles. The molecule has 2 unspecified atom stereocenters. The molecule has 0 saturated carbocycles. The van der Waals surface area contributed by atoms with E-state index in [9.17, 15) is 0 Å². The highest BCUT2D eigenvalue weighted by Gasteiger charge is 2.45. The van der Waals surface area contributed by atoms with E-state index in [1.54, 1.807) is 9.81 Å². The third-order valence-electron chi connectivity index (χ3n) is 7.71. The zero-order valence-electron chi connectivity index (χ0n) is 20.4. The lowest BCUT2D eigenvalue weighted by Gasteiger charge is -2.47. The molecule has 0 radical (unpaired) electrons. The first-order valence-electron chi connectivity index (χ1n) is 12.5. The second-order valence-corrected chi connectivity index (χ2v) is 19.8. The minimum atomic E-state index is 0.368. The minimum absolute atomic E-state index is 0.368. The Balaban J connectivity index is 0.999.